The molecule has 144 valence electrons. The van der Waals surface area contributed by atoms with Crippen LogP contribution in [0.2, 0.25) is 0 Å². The number of carbonyl (C=O) groups is 1. The van der Waals surface area contributed by atoms with E-state index in [2.05, 4.69) is 0 Å². The fourth-order valence-electron chi connectivity index (χ4n) is 2.44. The SMILES string of the molecule is CC.COP(OC)C(=O)c1ccc(CP(=O)(OC)OC)c2ccccc12. The zero-order valence-electron chi connectivity index (χ0n) is 16.0. The smallest absolute Gasteiger partial charge is 0.332 e. The Balaban J connectivity index is 0.00000163. The Kier molecular flexibility index (Phi) is 9.59. The molecule has 0 aromatic heterocycles. The molecule has 0 spiro atoms. The van der Waals surface area contributed by atoms with Crippen LogP contribution < -0.4 is 0 Å². The van der Waals surface area contributed by atoms with Crippen LogP contribution in [0.25, 0.3) is 10.8 Å². The lowest BCUT2D eigenvalue weighted by Gasteiger charge is -2.17. The molecule has 0 saturated heterocycles. The van der Waals surface area contributed by atoms with Crippen LogP contribution in [-0.4, -0.2) is 34.0 Å². The van der Waals surface area contributed by atoms with Gasteiger partial charge >= 0.3 is 7.60 Å². The molecule has 2 rings (SSSR count). The predicted octanol–water partition coefficient (Wildman–Crippen LogP) is 5.60. The molecular weight excluding hydrogens is 374 g/mol. The van der Waals surface area contributed by atoms with Gasteiger partial charge in [-0.3, -0.25) is 9.36 Å². The highest BCUT2D eigenvalue weighted by atomic mass is 31.2. The van der Waals surface area contributed by atoms with Crippen molar-refractivity contribution in [1.82, 2.24) is 0 Å². The Labute approximate surface area is 156 Å². The minimum Gasteiger partial charge on any atom is -0.332 e. The van der Waals surface area contributed by atoms with Crippen LogP contribution in [0.15, 0.2) is 36.4 Å². The van der Waals surface area contributed by atoms with Gasteiger partial charge < -0.3 is 18.1 Å². The summed E-state index contributed by atoms with van der Waals surface area (Å²) in [7, 11) is 0.735. The van der Waals surface area contributed by atoms with E-state index < -0.39 is 16.0 Å². The van der Waals surface area contributed by atoms with Gasteiger partial charge in [0, 0.05) is 34.0 Å². The normalized spacial score (nSPS) is 11.3. The van der Waals surface area contributed by atoms with Crippen molar-refractivity contribution < 1.29 is 27.5 Å². The van der Waals surface area contributed by atoms with E-state index in [0.29, 0.717) is 5.56 Å². The summed E-state index contributed by atoms with van der Waals surface area (Å²) >= 11 is 0. The van der Waals surface area contributed by atoms with Crippen LogP contribution in [0.4, 0.5) is 0 Å². The third-order valence-electron chi connectivity index (χ3n) is 3.66. The van der Waals surface area contributed by atoms with Crippen molar-refractivity contribution >= 4 is 32.3 Å². The summed E-state index contributed by atoms with van der Waals surface area (Å²) in [6.07, 6.45) is 0.123. The van der Waals surface area contributed by atoms with Crippen LogP contribution in [0.5, 0.6) is 0 Å². The molecule has 6 nitrogen and oxygen atoms in total. The average molecular weight is 400 g/mol. The molecule has 0 aliphatic heterocycles. The molecule has 0 fully saturated rings. The second kappa shape index (κ2) is 10.9. The molecule has 0 heterocycles. The van der Waals surface area contributed by atoms with Crippen LogP contribution in [0, 0.1) is 0 Å². The number of hydrogen-bond donors (Lipinski definition) is 0. The van der Waals surface area contributed by atoms with Crippen molar-refractivity contribution in [3.8, 4) is 0 Å². The molecule has 8 heteroatoms. The predicted molar refractivity (Wildman–Crippen MR) is 106 cm³/mol. The lowest BCUT2D eigenvalue weighted by molar-refractivity contribution is 0.105. The van der Waals surface area contributed by atoms with Gasteiger partial charge in [-0.05, 0) is 22.4 Å². The second-order valence-electron chi connectivity index (χ2n) is 4.88. The summed E-state index contributed by atoms with van der Waals surface area (Å²) in [4.78, 5) is 12.6. The van der Waals surface area contributed by atoms with Crippen molar-refractivity contribution in [2.75, 3.05) is 28.4 Å². The van der Waals surface area contributed by atoms with Crippen LogP contribution in [0.1, 0.15) is 29.8 Å². The van der Waals surface area contributed by atoms with Crippen molar-refractivity contribution in [3.63, 3.8) is 0 Å². The molecule has 0 saturated carbocycles. The number of fused-ring (bicyclic) bond motifs is 1. The number of hydrogen-bond acceptors (Lipinski definition) is 6. The van der Waals surface area contributed by atoms with Crippen LogP contribution in [-0.2, 0) is 28.8 Å². The minimum atomic E-state index is -3.21. The zero-order chi connectivity index (χ0) is 19.7. The highest BCUT2D eigenvalue weighted by Gasteiger charge is 2.26. The van der Waals surface area contributed by atoms with E-state index >= 15 is 0 Å². The molecule has 0 N–H and O–H groups in total. The highest BCUT2D eigenvalue weighted by Crippen LogP contribution is 2.51. The topological polar surface area (TPSA) is 71.1 Å². The first-order valence-corrected chi connectivity index (χ1v) is 11.0. The summed E-state index contributed by atoms with van der Waals surface area (Å²) in [5, 5.41) is 1.57. The lowest BCUT2D eigenvalue weighted by atomic mass is 10.0. The Morgan fingerprint density at radius 3 is 1.96 bits per heavy atom. The third kappa shape index (κ3) is 5.20. The summed E-state index contributed by atoms with van der Waals surface area (Å²) in [5.74, 6) is 0. The first-order chi connectivity index (χ1) is 12.5. The first-order valence-electron chi connectivity index (χ1n) is 8.13. The molecule has 0 radical (unpaired) electrons. The Morgan fingerprint density at radius 2 is 1.46 bits per heavy atom. The molecule has 0 aliphatic rings. The molecule has 26 heavy (non-hydrogen) atoms. The summed E-state index contributed by atoms with van der Waals surface area (Å²) in [6.45, 7) is 4.00. The van der Waals surface area contributed by atoms with E-state index in [0.717, 1.165) is 16.3 Å². The average Bonchev–Trinajstić information content (AvgIpc) is 2.70. The van der Waals surface area contributed by atoms with Gasteiger partial charge in [0.1, 0.15) is 0 Å². The van der Waals surface area contributed by atoms with Gasteiger partial charge in [0.2, 0.25) is 13.9 Å². The van der Waals surface area contributed by atoms with E-state index in [9.17, 15) is 9.36 Å². The fraction of sp³-hybridized carbons (Fsp3) is 0.389. The lowest BCUT2D eigenvalue weighted by Crippen LogP contribution is -2.03. The minimum absolute atomic E-state index is 0.123. The Bertz CT molecular complexity index is 765. The summed E-state index contributed by atoms with van der Waals surface area (Å²) in [6, 6.07) is 10.9. The van der Waals surface area contributed by atoms with Crippen molar-refractivity contribution in [2.24, 2.45) is 0 Å². The van der Waals surface area contributed by atoms with Crippen molar-refractivity contribution in [1.29, 1.82) is 0 Å². The molecule has 0 atom stereocenters. The zero-order valence-corrected chi connectivity index (χ0v) is 17.8. The van der Waals surface area contributed by atoms with Gasteiger partial charge in [-0.25, -0.2) is 0 Å². The van der Waals surface area contributed by atoms with Crippen molar-refractivity contribution in [3.05, 3.63) is 47.5 Å². The highest BCUT2D eigenvalue weighted by molar-refractivity contribution is 7.67. The number of rotatable bonds is 8. The molecule has 0 amide bonds. The Hall–Kier alpha value is -1.13. The van der Waals surface area contributed by atoms with E-state index in [1.807, 2.05) is 38.1 Å². The second-order valence-corrected chi connectivity index (χ2v) is 8.80. The maximum atomic E-state index is 12.6. The number of benzene rings is 2. The number of carbonyl (C=O) groups excluding carboxylic acids is 1. The van der Waals surface area contributed by atoms with Crippen molar-refractivity contribution in [2.45, 2.75) is 20.0 Å². The standard InChI is InChI=1S/C16H20O6P2.C2H6/c1-19-23(20-2)16(17)15-10-9-12(11-24(18,21-3)22-4)13-7-5-6-8-14(13)15;1-2/h5-10H,11H2,1-4H3;1-2H3. The van der Waals surface area contributed by atoms with Gasteiger partial charge in [0.25, 0.3) is 0 Å². The van der Waals surface area contributed by atoms with E-state index in [1.165, 1.54) is 28.4 Å². The van der Waals surface area contributed by atoms with Gasteiger partial charge in [-0.1, -0.05) is 44.2 Å². The Morgan fingerprint density at radius 1 is 0.923 bits per heavy atom. The summed E-state index contributed by atoms with van der Waals surface area (Å²) in [5.41, 5.74) is 1.08. The molecule has 0 unspecified atom stereocenters. The van der Waals surface area contributed by atoms with E-state index in [-0.39, 0.29) is 11.7 Å². The quantitative estimate of drug-likeness (QED) is 0.538. The fourth-order valence-corrected chi connectivity index (χ4v) is 4.41. The molecule has 2 aromatic rings. The van der Waals surface area contributed by atoms with Gasteiger partial charge in [0.15, 0.2) is 0 Å². The molecular formula is C18H26O6P2. The maximum absolute atomic E-state index is 12.6. The first kappa shape index (κ1) is 22.9. The maximum Gasteiger partial charge on any atom is 0.334 e. The monoisotopic (exact) mass is 400 g/mol. The third-order valence-corrected chi connectivity index (χ3v) is 6.74. The molecule has 0 bridgehead atoms. The summed E-state index contributed by atoms with van der Waals surface area (Å²) < 4.78 is 32.7. The van der Waals surface area contributed by atoms with E-state index in [4.69, 9.17) is 18.1 Å². The largest absolute Gasteiger partial charge is 0.334 e. The molecule has 2 aromatic carbocycles. The van der Waals surface area contributed by atoms with Gasteiger partial charge in [-0.2, -0.15) is 0 Å². The molecule has 0 aliphatic carbocycles. The van der Waals surface area contributed by atoms with Gasteiger partial charge in [0.05, 0.1) is 6.16 Å². The van der Waals surface area contributed by atoms with E-state index in [1.54, 1.807) is 12.1 Å². The van der Waals surface area contributed by atoms with Gasteiger partial charge in [-0.15, -0.1) is 0 Å². The van der Waals surface area contributed by atoms with Crippen LogP contribution in [0.3, 0.4) is 0 Å². The van der Waals surface area contributed by atoms with Crippen LogP contribution >= 0.6 is 16.0 Å².